The number of halogens is 1. The molecule has 1 aliphatic heterocycles. The lowest BCUT2D eigenvalue weighted by molar-refractivity contribution is -0.119. The van der Waals surface area contributed by atoms with E-state index in [4.69, 9.17) is 11.6 Å². The van der Waals surface area contributed by atoms with Gasteiger partial charge in [0.05, 0.1) is 23.5 Å². The largest absolute Gasteiger partial charge is 0.354 e. The van der Waals surface area contributed by atoms with Crippen LogP contribution in [0.3, 0.4) is 0 Å². The molecule has 7 heteroatoms. The van der Waals surface area contributed by atoms with E-state index in [-0.39, 0.29) is 11.8 Å². The van der Waals surface area contributed by atoms with Crippen molar-refractivity contribution in [2.75, 3.05) is 42.7 Å². The number of unbranched alkanes of at least 4 members (excludes halogenated alkanes) is 1. The van der Waals surface area contributed by atoms with Gasteiger partial charge in [-0.2, -0.15) is 0 Å². The molecule has 0 aliphatic carbocycles. The smallest absolute Gasteiger partial charge is 0.258 e. The highest BCUT2D eigenvalue weighted by Crippen LogP contribution is 2.38. The summed E-state index contributed by atoms with van der Waals surface area (Å²) < 4.78 is 0. The zero-order chi connectivity index (χ0) is 25.7. The number of likely N-dealkylation sites (N-methyl/N-ethyl adjacent to an activating group) is 1. The van der Waals surface area contributed by atoms with Gasteiger partial charge in [0.1, 0.15) is 0 Å². The third kappa shape index (κ3) is 5.78. The number of anilines is 3. The number of benzene rings is 3. The molecule has 0 radical (unpaired) electrons. The summed E-state index contributed by atoms with van der Waals surface area (Å²) in [7, 11) is 3.79. The molecule has 2 amide bonds. The molecule has 0 saturated carbocycles. The maximum absolute atomic E-state index is 13.1. The number of carbonyl (C=O) groups excluding carboxylic acids is 2. The van der Waals surface area contributed by atoms with E-state index in [2.05, 4.69) is 17.6 Å². The van der Waals surface area contributed by atoms with Crippen LogP contribution in [0.2, 0.25) is 5.02 Å². The third-order valence-electron chi connectivity index (χ3n) is 5.97. The van der Waals surface area contributed by atoms with Gasteiger partial charge in [-0.3, -0.25) is 9.59 Å². The van der Waals surface area contributed by atoms with Crippen LogP contribution in [0.15, 0.2) is 72.8 Å². The summed E-state index contributed by atoms with van der Waals surface area (Å²) in [5.41, 5.74) is 5.31. The second-order valence-corrected chi connectivity index (χ2v) is 9.51. The molecule has 2 N–H and O–H groups in total. The van der Waals surface area contributed by atoms with E-state index in [0.29, 0.717) is 35.1 Å². The quantitative estimate of drug-likeness (QED) is 0.354. The molecule has 0 atom stereocenters. The SMILES string of the molecule is CCCCN(C(=O)CN(C)C)c1ccc(N/C(=C2\C(=O)Nc3cc(Cl)ccc32)c2ccccc2)cc1. The Morgan fingerprint density at radius 2 is 1.72 bits per heavy atom. The van der Waals surface area contributed by atoms with E-state index in [9.17, 15) is 9.59 Å². The fraction of sp³-hybridized carbons (Fsp3) is 0.241. The Hall–Kier alpha value is -3.61. The van der Waals surface area contributed by atoms with Crippen molar-refractivity contribution in [2.24, 2.45) is 0 Å². The number of nitrogens with one attached hydrogen (secondary N) is 2. The van der Waals surface area contributed by atoms with Crippen molar-refractivity contribution in [2.45, 2.75) is 19.8 Å². The van der Waals surface area contributed by atoms with Crippen LogP contribution in [0.4, 0.5) is 17.1 Å². The van der Waals surface area contributed by atoms with E-state index >= 15 is 0 Å². The monoisotopic (exact) mass is 502 g/mol. The van der Waals surface area contributed by atoms with Crippen LogP contribution in [0.5, 0.6) is 0 Å². The minimum atomic E-state index is -0.185. The van der Waals surface area contributed by atoms with Gasteiger partial charge in [-0.15, -0.1) is 0 Å². The van der Waals surface area contributed by atoms with Crippen molar-refractivity contribution >= 4 is 51.7 Å². The number of nitrogens with zero attached hydrogens (tertiary/aromatic N) is 2. The Kier molecular flexibility index (Phi) is 8.08. The lowest BCUT2D eigenvalue weighted by atomic mass is 10.00. The van der Waals surface area contributed by atoms with Crippen LogP contribution in [-0.2, 0) is 9.59 Å². The maximum Gasteiger partial charge on any atom is 0.258 e. The van der Waals surface area contributed by atoms with E-state index in [1.807, 2.05) is 84.6 Å². The van der Waals surface area contributed by atoms with E-state index in [0.717, 1.165) is 35.3 Å². The van der Waals surface area contributed by atoms with Crippen LogP contribution in [0, 0.1) is 0 Å². The molecule has 0 bridgehead atoms. The first-order valence-electron chi connectivity index (χ1n) is 12.1. The molecule has 4 rings (SSSR count). The number of fused-ring (bicyclic) bond motifs is 1. The maximum atomic E-state index is 13.1. The topological polar surface area (TPSA) is 64.7 Å². The van der Waals surface area contributed by atoms with Gasteiger partial charge < -0.3 is 20.4 Å². The molecular formula is C29H31ClN4O2. The first-order chi connectivity index (χ1) is 17.4. The first-order valence-corrected chi connectivity index (χ1v) is 12.5. The molecule has 186 valence electrons. The first kappa shape index (κ1) is 25.5. The average Bonchev–Trinajstić information content (AvgIpc) is 3.18. The van der Waals surface area contributed by atoms with Crippen molar-refractivity contribution in [3.8, 4) is 0 Å². The molecule has 0 saturated heterocycles. The molecule has 3 aromatic carbocycles. The second-order valence-electron chi connectivity index (χ2n) is 9.07. The molecule has 0 unspecified atom stereocenters. The summed E-state index contributed by atoms with van der Waals surface area (Å²) >= 11 is 6.15. The predicted octanol–water partition coefficient (Wildman–Crippen LogP) is 5.97. The number of rotatable bonds is 9. The number of amides is 2. The second kappa shape index (κ2) is 11.4. The standard InChI is InChI=1S/C29H31ClN4O2/c1-4-5-17-34(26(35)19-33(2)3)23-14-12-22(13-15-23)31-28(20-9-7-6-8-10-20)27-24-16-11-21(30)18-25(24)32-29(27)36/h6-16,18,31H,4-5,17,19H2,1-3H3,(H,32,36)/b28-27-. The predicted molar refractivity (Wildman–Crippen MR) is 149 cm³/mol. The summed E-state index contributed by atoms with van der Waals surface area (Å²) in [6.07, 6.45) is 1.94. The summed E-state index contributed by atoms with van der Waals surface area (Å²) in [6.45, 7) is 3.15. The number of hydrogen-bond donors (Lipinski definition) is 2. The molecule has 0 spiro atoms. The normalized spacial score (nSPS) is 13.9. The molecule has 1 heterocycles. The Bertz CT molecular complexity index is 1270. The van der Waals surface area contributed by atoms with Crippen molar-refractivity contribution in [3.05, 3.63) is 88.9 Å². The van der Waals surface area contributed by atoms with Crippen LogP contribution in [-0.4, -0.2) is 43.9 Å². The van der Waals surface area contributed by atoms with Crippen molar-refractivity contribution in [1.82, 2.24) is 4.90 Å². The number of hydrogen-bond acceptors (Lipinski definition) is 4. The van der Waals surface area contributed by atoms with Crippen LogP contribution >= 0.6 is 11.6 Å². The Labute approximate surface area is 217 Å². The minimum absolute atomic E-state index is 0.0687. The van der Waals surface area contributed by atoms with E-state index in [1.165, 1.54) is 0 Å². The molecule has 36 heavy (non-hydrogen) atoms. The lowest BCUT2D eigenvalue weighted by Crippen LogP contribution is -2.38. The molecule has 0 fully saturated rings. The van der Waals surface area contributed by atoms with Gasteiger partial charge in [0, 0.05) is 28.5 Å². The summed E-state index contributed by atoms with van der Waals surface area (Å²) in [5, 5.41) is 6.96. The van der Waals surface area contributed by atoms with Gasteiger partial charge in [0.15, 0.2) is 0 Å². The molecule has 1 aliphatic rings. The zero-order valence-corrected chi connectivity index (χ0v) is 21.6. The fourth-order valence-corrected chi connectivity index (χ4v) is 4.39. The van der Waals surface area contributed by atoms with Gasteiger partial charge in [-0.1, -0.05) is 61.3 Å². The summed E-state index contributed by atoms with van der Waals surface area (Å²) in [6, 6.07) is 22.9. The summed E-state index contributed by atoms with van der Waals surface area (Å²) in [4.78, 5) is 29.6. The summed E-state index contributed by atoms with van der Waals surface area (Å²) in [5.74, 6) is -0.116. The highest BCUT2D eigenvalue weighted by molar-refractivity contribution is 6.38. The van der Waals surface area contributed by atoms with Crippen molar-refractivity contribution < 1.29 is 9.59 Å². The molecule has 3 aromatic rings. The van der Waals surface area contributed by atoms with Crippen molar-refractivity contribution in [3.63, 3.8) is 0 Å². The van der Waals surface area contributed by atoms with Gasteiger partial charge in [-0.05, 0) is 62.5 Å². The molecular weight excluding hydrogens is 472 g/mol. The Balaban J connectivity index is 1.69. The van der Waals surface area contributed by atoms with Gasteiger partial charge in [-0.25, -0.2) is 0 Å². The third-order valence-corrected chi connectivity index (χ3v) is 6.21. The van der Waals surface area contributed by atoms with E-state index in [1.54, 1.807) is 12.1 Å². The fourth-order valence-electron chi connectivity index (χ4n) is 4.22. The highest BCUT2D eigenvalue weighted by atomic mass is 35.5. The van der Waals surface area contributed by atoms with Crippen LogP contribution < -0.4 is 15.5 Å². The highest BCUT2D eigenvalue weighted by Gasteiger charge is 2.28. The Morgan fingerprint density at radius 3 is 2.39 bits per heavy atom. The minimum Gasteiger partial charge on any atom is -0.354 e. The molecule has 6 nitrogen and oxygen atoms in total. The zero-order valence-electron chi connectivity index (χ0n) is 20.8. The van der Waals surface area contributed by atoms with Gasteiger partial charge in [0.2, 0.25) is 5.91 Å². The van der Waals surface area contributed by atoms with Crippen LogP contribution in [0.1, 0.15) is 30.9 Å². The van der Waals surface area contributed by atoms with Gasteiger partial charge >= 0.3 is 0 Å². The lowest BCUT2D eigenvalue weighted by Gasteiger charge is -2.25. The Morgan fingerprint density at radius 1 is 1.00 bits per heavy atom. The van der Waals surface area contributed by atoms with Gasteiger partial charge in [0.25, 0.3) is 5.91 Å². The van der Waals surface area contributed by atoms with Crippen LogP contribution in [0.25, 0.3) is 11.3 Å². The average molecular weight is 503 g/mol. The number of carbonyl (C=O) groups is 2. The molecule has 0 aromatic heterocycles. The van der Waals surface area contributed by atoms with Crippen molar-refractivity contribution in [1.29, 1.82) is 0 Å². The van der Waals surface area contributed by atoms with E-state index < -0.39 is 0 Å².